The van der Waals surface area contributed by atoms with Crippen LogP contribution in [0.3, 0.4) is 0 Å². The molecule has 2 rings (SSSR count). The van der Waals surface area contributed by atoms with E-state index in [1.807, 2.05) is 12.1 Å². The Hall–Kier alpha value is -0.770. The maximum atomic E-state index is 10.9. The fourth-order valence-corrected chi connectivity index (χ4v) is 2.22. The van der Waals surface area contributed by atoms with Gasteiger partial charge in [-0.15, -0.1) is 0 Å². The van der Waals surface area contributed by atoms with Crippen molar-refractivity contribution in [3.63, 3.8) is 0 Å². The zero-order chi connectivity index (χ0) is 13.2. The summed E-state index contributed by atoms with van der Waals surface area (Å²) >= 11 is 11.8. The van der Waals surface area contributed by atoms with Crippen LogP contribution in [0.2, 0.25) is 10.0 Å². The van der Waals surface area contributed by atoms with Gasteiger partial charge in [-0.25, -0.2) is 4.79 Å². The molecule has 0 saturated carbocycles. The standard InChI is InChI=1S/C13H14Cl2O3/c14-10-5-4-9(7-11(10)15)3-1-2-6-13(8-18-13)12(16)17/h4-5,7H,1-3,6,8H2,(H,16,17). The van der Waals surface area contributed by atoms with E-state index in [-0.39, 0.29) is 0 Å². The van der Waals surface area contributed by atoms with Crippen LogP contribution in [0, 0.1) is 0 Å². The molecule has 98 valence electrons. The molecule has 0 aromatic heterocycles. The van der Waals surface area contributed by atoms with E-state index in [4.69, 9.17) is 33.0 Å². The van der Waals surface area contributed by atoms with E-state index in [2.05, 4.69) is 0 Å². The lowest BCUT2D eigenvalue weighted by atomic mass is 10.0. The van der Waals surface area contributed by atoms with Crippen molar-refractivity contribution < 1.29 is 14.6 Å². The number of carboxylic acid groups (broad SMARTS) is 1. The molecule has 0 aliphatic carbocycles. The summed E-state index contributed by atoms with van der Waals surface area (Å²) in [5.41, 5.74) is 0.225. The van der Waals surface area contributed by atoms with Gasteiger partial charge in [-0.1, -0.05) is 29.3 Å². The normalized spacial score (nSPS) is 21.9. The van der Waals surface area contributed by atoms with Crippen LogP contribution >= 0.6 is 23.2 Å². The van der Waals surface area contributed by atoms with Gasteiger partial charge >= 0.3 is 5.97 Å². The summed E-state index contributed by atoms with van der Waals surface area (Å²) < 4.78 is 5.01. The van der Waals surface area contributed by atoms with Crippen molar-refractivity contribution in [3.8, 4) is 0 Å². The van der Waals surface area contributed by atoms with Crippen LogP contribution in [-0.2, 0) is 16.0 Å². The van der Waals surface area contributed by atoms with E-state index in [0.29, 0.717) is 23.1 Å². The highest BCUT2D eigenvalue weighted by Crippen LogP contribution is 2.33. The lowest BCUT2D eigenvalue weighted by molar-refractivity contribution is -0.143. The third kappa shape index (κ3) is 3.16. The first kappa shape index (κ1) is 13.7. The molecule has 1 unspecified atom stereocenters. The van der Waals surface area contributed by atoms with Crippen LogP contribution in [0.25, 0.3) is 0 Å². The fraction of sp³-hybridized carbons (Fsp3) is 0.462. The van der Waals surface area contributed by atoms with Gasteiger partial charge in [-0.3, -0.25) is 0 Å². The minimum atomic E-state index is -0.891. The fourth-order valence-electron chi connectivity index (χ4n) is 1.90. The third-order valence-corrected chi connectivity index (χ3v) is 3.90. The first-order valence-corrected chi connectivity index (χ1v) is 6.60. The highest BCUT2D eigenvalue weighted by Gasteiger charge is 2.51. The number of rotatable bonds is 6. The van der Waals surface area contributed by atoms with Crippen molar-refractivity contribution in [2.45, 2.75) is 31.3 Å². The predicted molar refractivity (Wildman–Crippen MR) is 70.3 cm³/mol. The number of benzene rings is 1. The first-order chi connectivity index (χ1) is 8.53. The minimum absolute atomic E-state index is 0.342. The van der Waals surface area contributed by atoms with Crippen LogP contribution in [0.1, 0.15) is 24.8 Å². The van der Waals surface area contributed by atoms with Crippen LogP contribution in [-0.4, -0.2) is 23.3 Å². The monoisotopic (exact) mass is 288 g/mol. The number of hydrogen-bond acceptors (Lipinski definition) is 2. The molecule has 0 bridgehead atoms. The van der Waals surface area contributed by atoms with Gasteiger partial charge in [0.05, 0.1) is 16.7 Å². The zero-order valence-electron chi connectivity index (χ0n) is 9.79. The minimum Gasteiger partial charge on any atom is -0.479 e. The molecule has 1 fully saturated rings. The van der Waals surface area contributed by atoms with Gasteiger partial charge in [0.25, 0.3) is 0 Å². The second-order valence-electron chi connectivity index (χ2n) is 4.54. The lowest BCUT2D eigenvalue weighted by Gasteiger charge is -2.06. The quantitative estimate of drug-likeness (QED) is 0.643. The molecule has 1 saturated heterocycles. The number of unbranched alkanes of at least 4 members (excludes halogenated alkanes) is 1. The summed E-state index contributed by atoms with van der Waals surface area (Å²) in [5, 5.41) is 10.0. The van der Waals surface area contributed by atoms with Crippen molar-refractivity contribution in [2.24, 2.45) is 0 Å². The summed E-state index contributed by atoms with van der Waals surface area (Å²) in [6.45, 7) is 0.342. The van der Waals surface area contributed by atoms with Crippen molar-refractivity contribution in [3.05, 3.63) is 33.8 Å². The molecular weight excluding hydrogens is 275 g/mol. The average Bonchev–Trinajstić information content (AvgIpc) is 3.10. The number of ether oxygens (including phenoxy) is 1. The van der Waals surface area contributed by atoms with Gasteiger partial charge in [0, 0.05) is 0 Å². The summed E-state index contributed by atoms with van der Waals surface area (Å²) in [5.74, 6) is -0.850. The highest BCUT2D eigenvalue weighted by atomic mass is 35.5. The SMILES string of the molecule is O=C(O)C1(CCCCc2ccc(Cl)c(Cl)c2)CO1. The van der Waals surface area contributed by atoms with Gasteiger partial charge in [-0.05, 0) is 43.4 Å². The van der Waals surface area contributed by atoms with E-state index < -0.39 is 11.6 Å². The van der Waals surface area contributed by atoms with Crippen LogP contribution in [0.15, 0.2) is 18.2 Å². The summed E-state index contributed by atoms with van der Waals surface area (Å²) in [6.07, 6.45) is 3.18. The highest BCUT2D eigenvalue weighted by molar-refractivity contribution is 6.42. The first-order valence-electron chi connectivity index (χ1n) is 5.85. The van der Waals surface area contributed by atoms with Crippen LogP contribution in [0.5, 0.6) is 0 Å². The van der Waals surface area contributed by atoms with Gasteiger partial charge in [0.2, 0.25) is 0 Å². The van der Waals surface area contributed by atoms with E-state index >= 15 is 0 Å². The van der Waals surface area contributed by atoms with E-state index in [9.17, 15) is 4.79 Å². The molecule has 1 N–H and O–H groups in total. The van der Waals surface area contributed by atoms with Gasteiger partial charge in [0.15, 0.2) is 5.60 Å². The molecule has 18 heavy (non-hydrogen) atoms. The topological polar surface area (TPSA) is 49.8 Å². The number of aliphatic carboxylic acids is 1. The number of hydrogen-bond donors (Lipinski definition) is 1. The van der Waals surface area contributed by atoms with Crippen molar-refractivity contribution >= 4 is 29.2 Å². The van der Waals surface area contributed by atoms with E-state index in [1.165, 1.54) is 0 Å². The Morgan fingerprint density at radius 1 is 1.33 bits per heavy atom. The van der Waals surface area contributed by atoms with Crippen molar-refractivity contribution in [1.82, 2.24) is 0 Å². The van der Waals surface area contributed by atoms with Crippen LogP contribution < -0.4 is 0 Å². The number of aryl methyl sites for hydroxylation is 1. The predicted octanol–water partition coefficient (Wildman–Crippen LogP) is 3.56. The molecule has 1 aliphatic rings. The molecule has 1 aliphatic heterocycles. The van der Waals surface area contributed by atoms with Gasteiger partial charge in [0.1, 0.15) is 0 Å². The van der Waals surface area contributed by atoms with Gasteiger partial charge in [-0.2, -0.15) is 0 Å². The number of carboxylic acids is 1. The number of epoxide rings is 1. The largest absolute Gasteiger partial charge is 0.479 e. The summed E-state index contributed by atoms with van der Waals surface area (Å²) in [4.78, 5) is 10.9. The second kappa shape index (κ2) is 5.47. The molecule has 1 aromatic carbocycles. The Morgan fingerprint density at radius 3 is 2.61 bits per heavy atom. The summed E-state index contributed by atoms with van der Waals surface area (Å²) in [7, 11) is 0. The third-order valence-electron chi connectivity index (χ3n) is 3.16. The Morgan fingerprint density at radius 2 is 2.06 bits per heavy atom. The molecule has 0 amide bonds. The van der Waals surface area contributed by atoms with Crippen molar-refractivity contribution in [2.75, 3.05) is 6.61 Å². The Kier molecular flexibility index (Phi) is 4.15. The molecule has 5 heteroatoms. The average molecular weight is 289 g/mol. The molecule has 1 heterocycles. The molecule has 1 aromatic rings. The van der Waals surface area contributed by atoms with Gasteiger partial charge < -0.3 is 9.84 Å². The summed E-state index contributed by atoms with van der Waals surface area (Å²) in [6, 6.07) is 5.57. The van der Waals surface area contributed by atoms with Crippen LogP contribution in [0.4, 0.5) is 0 Å². The molecule has 0 radical (unpaired) electrons. The van der Waals surface area contributed by atoms with E-state index in [1.54, 1.807) is 6.07 Å². The zero-order valence-corrected chi connectivity index (χ0v) is 11.3. The molecule has 0 spiro atoms. The lowest BCUT2D eigenvalue weighted by Crippen LogP contribution is -2.23. The maximum Gasteiger partial charge on any atom is 0.338 e. The molecular formula is C13H14Cl2O3. The van der Waals surface area contributed by atoms with E-state index in [0.717, 1.165) is 24.8 Å². The number of halogens is 2. The van der Waals surface area contributed by atoms with Crippen molar-refractivity contribution in [1.29, 1.82) is 0 Å². The Balaban J connectivity index is 1.75. The molecule has 1 atom stereocenters. The number of carbonyl (C=O) groups is 1. The Bertz CT molecular complexity index is 456. The molecule has 3 nitrogen and oxygen atoms in total. The Labute approximate surface area is 116 Å². The second-order valence-corrected chi connectivity index (χ2v) is 5.36. The smallest absolute Gasteiger partial charge is 0.338 e. The maximum absolute atomic E-state index is 10.9.